The van der Waals surface area contributed by atoms with Crippen molar-refractivity contribution in [2.45, 2.75) is 19.6 Å². The van der Waals surface area contributed by atoms with Crippen molar-refractivity contribution in [1.82, 2.24) is 15.1 Å². The van der Waals surface area contributed by atoms with Gasteiger partial charge in [-0.2, -0.15) is 0 Å². The Morgan fingerprint density at radius 3 is 2.96 bits per heavy atom. The van der Waals surface area contributed by atoms with Gasteiger partial charge < -0.3 is 15.2 Å². The molecule has 1 aromatic rings. The molecule has 1 aromatic carbocycles. The van der Waals surface area contributed by atoms with Crippen molar-refractivity contribution >= 4 is 11.9 Å². The maximum Gasteiger partial charge on any atom is 0.317 e. The first-order chi connectivity index (χ1) is 11.9. The van der Waals surface area contributed by atoms with E-state index in [-0.39, 0.29) is 18.6 Å². The van der Waals surface area contributed by atoms with Crippen molar-refractivity contribution in [3.8, 4) is 0 Å². The maximum absolute atomic E-state index is 12.2. The molecule has 1 amide bonds. The molecule has 0 aliphatic carbocycles. The maximum atomic E-state index is 12.2. The van der Waals surface area contributed by atoms with E-state index in [2.05, 4.69) is 11.4 Å². The second-order valence-corrected chi connectivity index (χ2v) is 6.58. The Balaban J connectivity index is 1.73. The number of nitrogens with one attached hydrogen (secondary N) is 1. The lowest BCUT2D eigenvalue weighted by atomic mass is 10.1. The highest BCUT2D eigenvalue weighted by Crippen LogP contribution is 2.07. The van der Waals surface area contributed by atoms with Gasteiger partial charge in [0, 0.05) is 26.2 Å². The van der Waals surface area contributed by atoms with Gasteiger partial charge in [-0.1, -0.05) is 29.8 Å². The topological polar surface area (TPSA) is 82.1 Å². The van der Waals surface area contributed by atoms with Crippen LogP contribution >= 0.6 is 0 Å². The Kier molecular flexibility index (Phi) is 7.36. The van der Waals surface area contributed by atoms with Crippen LogP contribution in [0.2, 0.25) is 0 Å². The third-order valence-corrected chi connectivity index (χ3v) is 4.08. The number of aryl methyl sites for hydroxylation is 1. The molecule has 2 N–H and O–H groups in total. The molecular formula is C18H27N3O4. The minimum Gasteiger partial charge on any atom is -0.480 e. The lowest BCUT2D eigenvalue weighted by Crippen LogP contribution is -2.50. The van der Waals surface area contributed by atoms with Crippen molar-refractivity contribution in [3.63, 3.8) is 0 Å². The summed E-state index contributed by atoms with van der Waals surface area (Å²) in [6.07, 6.45) is -0.0809. The number of likely N-dealkylation sites (N-methyl/N-ethyl adjacent to an activating group) is 1. The zero-order valence-corrected chi connectivity index (χ0v) is 14.9. The van der Waals surface area contributed by atoms with Crippen molar-refractivity contribution in [1.29, 1.82) is 0 Å². The van der Waals surface area contributed by atoms with Gasteiger partial charge in [-0.05, 0) is 19.5 Å². The normalized spacial score (nSPS) is 18.3. The third kappa shape index (κ3) is 7.21. The molecule has 0 saturated carbocycles. The molecule has 25 heavy (non-hydrogen) atoms. The Labute approximate surface area is 148 Å². The van der Waals surface area contributed by atoms with E-state index in [4.69, 9.17) is 9.84 Å². The highest BCUT2D eigenvalue weighted by atomic mass is 16.5. The molecule has 1 unspecified atom stereocenters. The number of nitrogens with zero attached hydrogens (tertiary/aromatic N) is 2. The summed E-state index contributed by atoms with van der Waals surface area (Å²) in [6.45, 7) is 5.28. The summed E-state index contributed by atoms with van der Waals surface area (Å²) in [5.74, 6) is -0.869. The van der Waals surface area contributed by atoms with Crippen molar-refractivity contribution < 1.29 is 19.4 Å². The second-order valence-electron chi connectivity index (χ2n) is 6.58. The Bertz CT molecular complexity index is 593. The number of ether oxygens (including phenoxy) is 1. The summed E-state index contributed by atoms with van der Waals surface area (Å²) in [5.41, 5.74) is 2.26. The average molecular weight is 349 g/mol. The van der Waals surface area contributed by atoms with E-state index in [0.29, 0.717) is 39.3 Å². The zero-order chi connectivity index (χ0) is 18.2. The molecule has 1 fully saturated rings. The molecule has 0 radical (unpaired) electrons. The number of morpholine rings is 1. The number of carboxylic acid groups (broad SMARTS) is 1. The number of hydrogen-bond acceptors (Lipinski definition) is 5. The summed E-state index contributed by atoms with van der Waals surface area (Å²) < 4.78 is 5.68. The predicted molar refractivity (Wildman–Crippen MR) is 94.3 cm³/mol. The summed E-state index contributed by atoms with van der Waals surface area (Å²) in [6, 6.07) is 8.07. The third-order valence-electron chi connectivity index (χ3n) is 4.08. The molecule has 0 aromatic heterocycles. The van der Waals surface area contributed by atoms with Crippen molar-refractivity contribution in [2.75, 3.05) is 46.4 Å². The lowest BCUT2D eigenvalue weighted by molar-refractivity contribution is -0.138. The smallest absolute Gasteiger partial charge is 0.317 e. The van der Waals surface area contributed by atoms with Crippen LogP contribution in [0.15, 0.2) is 24.3 Å². The quantitative estimate of drug-likeness (QED) is 0.704. The number of hydrogen-bond donors (Lipinski definition) is 2. The van der Waals surface area contributed by atoms with Gasteiger partial charge in [0.15, 0.2) is 0 Å². The summed E-state index contributed by atoms with van der Waals surface area (Å²) in [5, 5.41) is 11.8. The molecule has 138 valence electrons. The zero-order valence-electron chi connectivity index (χ0n) is 14.9. The molecule has 1 saturated heterocycles. The first kappa shape index (κ1) is 19.4. The molecule has 0 bridgehead atoms. The minimum atomic E-state index is -0.856. The molecule has 1 heterocycles. The molecular weight excluding hydrogens is 322 g/mol. The van der Waals surface area contributed by atoms with Crippen LogP contribution in [0.3, 0.4) is 0 Å². The number of aliphatic carboxylic acids is 1. The SMILES string of the molecule is Cc1cccc(CNC(=O)CN2CCOC(CN(C)CC(=O)O)C2)c1. The molecule has 0 spiro atoms. The first-order valence-corrected chi connectivity index (χ1v) is 8.49. The van der Waals surface area contributed by atoms with Crippen molar-refractivity contribution in [2.24, 2.45) is 0 Å². The van der Waals surface area contributed by atoms with Crippen LogP contribution < -0.4 is 5.32 Å². The van der Waals surface area contributed by atoms with Gasteiger partial charge in [0.1, 0.15) is 0 Å². The largest absolute Gasteiger partial charge is 0.480 e. The van der Waals surface area contributed by atoms with Crippen LogP contribution in [-0.4, -0.2) is 79.3 Å². The van der Waals surface area contributed by atoms with Gasteiger partial charge in [0.25, 0.3) is 0 Å². The minimum absolute atomic E-state index is 0.0129. The molecule has 1 atom stereocenters. The van der Waals surface area contributed by atoms with E-state index in [1.165, 1.54) is 5.56 Å². The summed E-state index contributed by atoms with van der Waals surface area (Å²) in [4.78, 5) is 26.7. The Morgan fingerprint density at radius 1 is 1.44 bits per heavy atom. The molecule has 7 heteroatoms. The monoisotopic (exact) mass is 349 g/mol. The first-order valence-electron chi connectivity index (χ1n) is 8.49. The van der Waals surface area contributed by atoms with Crippen LogP contribution in [0.25, 0.3) is 0 Å². The number of carbonyl (C=O) groups excluding carboxylic acids is 1. The number of amides is 1. The molecule has 1 aliphatic heterocycles. The molecule has 2 rings (SSSR count). The Hall–Kier alpha value is -1.96. The van der Waals surface area contributed by atoms with Crippen LogP contribution in [-0.2, 0) is 20.9 Å². The lowest BCUT2D eigenvalue weighted by Gasteiger charge is -2.34. The van der Waals surface area contributed by atoms with E-state index in [0.717, 1.165) is 5.56 Å². The van der Waals surface area contributed by atoms with E-state index in [9.17, 15) is 9.59 Å². The fourth-order valence-corrected chi connectivity index (χ4v) is 2.96. The van der Waals surface area contributed by atoms with Gasteiger partial charge in [0.2, 0.25) is 5.91 Å². The summed E-state index contributed by atoms with van der Waals surface area (Å²) >= 11 is 0. The fraction of sp³-hybridized carbons (Fsp3) is 0.556. The van der Waals surface area contributed by atoms with Gasteiger partial charge in [-0.15, -0.1) is 0 Å². The van der Waals surface area contributed by atoms with Crippen LogP contribution in [0.4, 0.5) is 0 Å². The van der Waals surface area contributed by atoms with E-state index >= 15 is 0 Å². The van der Waals surface area contributed by atoms with Crippen molar-refractivity contribution in [3.05, 3.63) is 35.4 Å². The van der Waals surface area contributed by atoms with Crippen LogP contribution in [0, 0.1) is 6.92 Å². The summed E-state index contributed by atoms with van der Waals surface area (Å²) in [7, 11) is 1.75. The average Bonchev–Trinajstić information content (AvgIpc) is 2.52. The highest BCUT2D eigenvalue weighted by molar-refractivity contribution is 5.78. The Morgan fingerprint density at radius 2 is 2.24 bits per heavy atom. The number of rotatable bonds is 8. The van der Waals surface area contributed by atoms with Gasteiger partial charge in [0.05, 0.1) is 25.8 Å². The number of carbonyl (C=O) groups is 2. The van der Waals surface area contributed by atoms with Gasteiger partial charge in [-0.3, -0.25) is 19.4 Å². The molecule has 7 nitrogen and oxygen atoms in total. The number of benzene rings is 1. The van der Waals surface area contributed by atoms with Gasteiger partial charge >= 0.3 is 5.97 Å². The van der Waals surface area contributed by atoms with E-state index in [1.54, 1.807) is 11.9 Å². The van der Waals surface area contributed by atoms with Crippen LogP contribution in [0.1, 0.15) is 11.1 Å². The number of carboxylic acids is 1. The van der Waals surface area contributed by atoms with Crippen LogP contribution in [0.5, 0.6) is 0 Å². The standard InChI is InChI=1S/C18H27N3O4/c1-14-4-3-5-15(8-14)9-19-17(22)12-21-6-7-25-16(11-21)10-20(2)13-18(23)24/h3-5,8,16H,6-7,9-13H2,1-2H3,(H,19,22)(H,23,24). The van der Waals surface area contributed by atoms with E-state index in [1.807, 2.05) is 30.0 Å². The highest BCUT2D eigenvalue weighted by Gasteiger charge is 2.23. The fourth-order valence-electron chi connectivity index (χ4n) is 2.96. The van der Waals surface area contributed by atoms with Gasteiger partial charge in [-0.25, -0.2) is 0 Å². The van der Waals surface area contributed by atoms with E-state index < -0.39 is 5.97 Å². The molecule has 1 aliphatic rings. The second kappa shape index (κ2) is 9.50. The predicted octanol–water partition coefficient (Wildman–Crippen LogP) is 0.328.